The zero-order chi connectivity index (χ0) is 16.4. The van der Waals surface area contributed by atoms with Crippen LogP contribution in [-0.4, -0.2) is 16.4 Å². The predicted octanol–water partition coefficient (Wildman–Crippen LogP) is 2.86. The molecule has 8 nitrogen and oxygen atoms in total. The number of benzene rings is 2. The molecule has 1 N–H and O–H groups in total. The van der Waals surface area contributed by atoms with Gasteiger partial charge in [0.05, 0.1) is 16.0 Å². The Morgan fingerprint density at radius 3 is 2.30 bits per heavy atom. The third-order valence-electron chi connectivity index (χ3n) is 3.65. The summed E-state index contributed by atoms with van der Waals surface area (Å²) < 4.78 is 5.87. The van der Waals surface area contributed by atoms with Gasteiger partial charge in [0, 0.05) is 36.4 Å². The molecule has 0 aliphatic carbocycles. The van der Waals surface area contributed by atoms with Crippen molar-refractivity contribution in [3.63, 3.8) is 0 Å². The molecule has 2 aromatic rings. The van der Waals surface area contributed by atoms with Crippen molar-refractivity contribution in [2.75, 3.05) is 6.54 Å². The molecule has 0 radical (unpaired) electrons. The van der Waals surface area contributed by atoms with Gasteiger partial charge in [-0.25, -0.2) is 0 Å². The molecule has 118 valence electrons. The second-order valence-corrected chi connectivity index (χ2v) is 5.11. The fourth-order valence-electron chi connectivity index (χ4n) is 2.48. The smallest absolute Gasteiger partial charge is 0.269 e. The van der Waals surface area contributed by atoms with Gasteiger partial charge in [-0.2, -0.15) is 0 Å². The zero-order valence-corrected chi connectivity index (χ0v) is 11.9. The first-order valence-electron chi connectivity index (χ1n) is 6.92. The van der Waals surface area contributed by atoms with Gasteiger partial charge in [-0.3, -0.25) is 25.5 Å². The third-order valence-corrected chi connectivity index (χ3v) is 3.65. The Labute approximate surface area is 131 Å². The highest BCUT2D eigenvalue weighted by Gasteiger charge is 2.28. The van der Waals surface area contributed by atoms with Gasteiger partial charge in [0.1, 0.15) is 6.23 Å². The summed E-state index contributed by atoms with van der Waals surface area (Å²) in [6.45, 7) is 0.519. The molecule has 0 unspecified atom stereocenters. The number of nitro groups is 2. The molecule has 0 amide bonds. The van der Waals surface area contributed by atoms with Crippen LogP contribution in [0.3, 0.4) is 0 Å². The van der Waals surface area contributed by atoms with Crippen molar-refractivity contribution in [1.82, 2.24) is 5.32 Å². The second-order valence-electron chi connectivity index (χ2n) is 5.11. The first-order chi connectivity index (χ1) is 11.0. The maximum absolute atomic E-state index is 10.8. The van der Waals surface area contributed by atoms with Crippen molar-refractivity contribution in [1.29, 1.82) is 0 Å². The first kappa shape index (κ1) is 15.1. The van der Waals surface area contributed by atoms with E-state index >= 15 is 0 Å². The van der Waals surface area contributed by atoms with E-state index in [-0.39, 0.29) is 17.5 Å². The summed E-state index contributed by atoms with van der Waals surface area (Å²) in [4.78, 5) is 20.6. The number of ether oxygens (including phenoxy) is 1. The van der Waals surface area contributed by atoms with Crippen LogP contribution in [0, 0.1) is 20.2 Å². The van der Waals surface area contributed by atoms with Crippen LogP contribution in [0.2, 0.25) is 0 Å². The van der Waals surface area contributed by atoms with E-state index in [1.165, 1.54) is 24.3 Å². The quantitative estimate of drug-likeness (QED) is 0.686. The van der Waals surface area contributed by atoms with Crippen LogP contribution in [0.15, 0.2) is 48.5 Å². The summed E-state index contributed by atoms with van der Waals surface area (Å²) in [5.41, 5.74) is 1.52. The van der Waals surface area contributed by atoms with Gasteiger partial charge in [0.2, 0.25) is 0 Å². The van der Waals surface area contributed by atoms with Crippen LogP contribution >= 0.6 is 0 Å². The number of nitro benzene ring substituents is 2. The Hall–Kier alpha value is -2.84. The summed E-state index contributed by atoms with van der Waals surface area (Å²) in [6.07, 6.45) is -0.713. The first-order valence-corrected chi connectivity index (χ1v) is 6.92. The maximum Gasteiger partial charge on any atom is 0.269 e. The molecular formula is C15H13N3O5. The van der Waals surface area contributed by atoms with Gasteiger partial charge in [-0.05, 0) is 17.7 Å². The summed E-state index contributed by atoms with van der Waals surface area (Å²) in [5.74, 6) is 0. The lowest BCUT2D eigenvalue weighted by molar-refractivity contribution is -0.385. The van der Waals surface area contributed by atoms with Crippen LogP contribution in [0.25, 0.3) is 0 Å². The van der Waals surface area contributed by atoms with E-state index in [0.29, 0.717) is 12.1 Å². The molecule has 0 bridgehead atoms. The fourth-order valence-corrected chi connectivity index (χ4v) is 2.48. The number of nitrogens with one attached hydrogen (secondary N) is 1. The molecular weight excluding hydrogens is 302 g/mol. The number of hydrogen-bond donors (Lipinski definition) is 1. The molecule has 0 aromatic heterocycles. The minimum absolute atomic E-state index is 0.00619. The summed E-state index contributed by atoms with van der Waals surface area (Å²) in [7, 11) is 0. The predicted molar refractivity (Wildman–Crippen MR) is 80.8 cm³/mol. The van der Waals surface area contributed by atoms with Crippen LogP contribution in [0.1, 0.15) is 23.5 Å². The Morgan fingerprint density at radius 1 is 0.957 bits per heavy atom. The Bertz CT molecular complexity index is 747. The second kappa shape index (κ2) is 6.11. The molecule has 23 heavy (non-hydrogen) atoms. The van der Waals surface area contributed by atoms with Gasteiger partial charge in [-0.1, -0.05) is 12.1 Å². The number of rotatable bonds is 4. The topological polar surface area (TPSA) is 108 Å². The molecule has 1 heterocycles. The molecule has 3 rings (SSSR count). The highest BCUT2D eigenvalue weighted by atomic mass is 16.6. The Balaban J connectivity index is 1.74. The van der Waals surface area contributed by atoms with Crippen LogP contribution in [0.4, 0.5) is 11.4 Å². The van der Waals surface area contributed by atoms with Crippen LogP contribution in [0.5, 0.6) is 0 Å². The van der Waals surface area contributed by atoms with Gasteiger partial charge in [0.25, 0.3) is 11.4 Å². The molecule has 1 aliphatic heterocycles. The minimum atomic E-state index is -0.455. The van der Waals surface area contributed by atoms with E-state index in [4.69, 9.17) is 4.74 Å². The normalized spacial score (nSPS) is 20.3. The van der Waals surface area contributed by atoms with Gasteiger partial charge in [-0.15, -0.1) is 0 Å². The molecule has 1 saturated heterocycles. The van der Waals surface area contributed by atoms with Gasteiger partial charge in [0.15, 0.2) is 0 Å². The summed E-state index contributed by atoms with van der Waals surface area (Å²) in [6, 6.07) is 12.4. The van der Waals surface area contributed by atoms with Crippen molar-refractivity contribution >= 4 is 11.4 Å². The van der Waals surface area contributed by atoms with E-state index in [9.17, 15) is 20.2 Å². The van der Waals surface area contributed by atoms with Gasteiger partial charge >= 0.3 is 0 Å². The lowest BCUT2D eigenvalue weighted by atomic mass is 10.1. The molecule has 1 fully saturated rings. The van der Waals surface area contributed by atoms with Crippen LogP contribution in [-0.2, 0) is 4.74 Å². The monoisotopic (exact) mass is 315 g/mol. The third kappa shape index (κ3) is 3.17. The number of nitrogens with zero attached hydrogens (tertiary/aromatic N) is 2. The average molecular weight is 315 g/mol. The molecule has 8 heteroatoms. The van der Waals surface area contributed by atoms with Crippen molar-refractivity contribution in [3.8, 4) is 0 Å². The SMILES string of the molecule is O=[N+]([O-])c1ccc([C@@H]2CN[C@@H](c3cccc([N+](=O)[O-])c3)O2)cc1. The van der Waals surface area contributed by atoms with Crippen molar-refractivity contribution < 1.29 is 14.6 Å². The van der Waals surface area contributed by atoms with Gasteiger partial charge < -0.3 is 4.74 Å². The largest absolute Gasteiger partial charge is 0.350 e. The van der Waals surface area contributed by atoms with E-state index in [1.807, 2.05) is 0 Å². The minimum Gasteiger partial charge on any atom is -0.350 e. The van der Waals surface area contributed by atoms with E-state index in [2.05, 4.69) is 5.32 Å². The average Bonchev–Trinajstić information content (AvgIpc) is 3.05. The zero-order valence-electron chi connectivity index (χ0n) is 11.9. The van der Waals surface area contributed by atoms with Crippen LogP contribution < -0.4 is 5.32 Å². The lowest BCUT2D eigenvalue weighted by Crippen LogP contribution is -2.14. The fraction of sp³-hybridized carbons (Fsp3) is 0.200. The Kier molecular flexibility index (Phi) is 4.00. The number of hydrogen-bond acceptors (Lipinski definition) is 6. The Morgan fingerprint density at radius 2 is 1.65 bits per heavy atom. The highest BCUT2D eigenvalue weighted by molar-refractivity contribution is 5.36. The van der Waals surface area contributed by atoms with E-state index in [0.717, 1.165) is 5.56 Å². The van der Waals surface area contributed by atoms with Crippen molar-refractivity contribution in [2.45, 2.75) is 12.3 Å². The molecule has 0 saturated carbocycles. The summed E-state index contributed by atoms with van der Waals surface area (Å²) >= 11 is 0. The lowest BCUT2D eigenvalue weighted by Gasteiger charge is -2.13. The van der Waals surface area contributed by atoms with Crippen molar-refractivity contribution in [2.24, 2.45) is 0 Å². The standard InChI is InChI=1S/C15H13N3O5/c19-17(20)12-6-4-10(5-7-12)14-9-16-15(23-14)11-2-1-3-13(8-11)18(21)22/h1-8,14-16H,9H2/t14-,15+/m0/s1. The molecule has 2 aromatic carbocycles. The van der Waals surface area contributed by atoms with Crippen molar-refractivity contribution in [3.05, 3.63) is 79.9 Å². The van der Waals surface area contributed by atoms with E-state index in [1.54, 1.807) is 24.3 Å². The molecule has 2 atom stereocenters. The van der Waals surface area contributed by atoms with E-state index < -0.39 is 16.1 Å². The number of non-ortho nitro benzene ring substituents is 2. The molecule has 0 spiro atoms. The summed E-state index contributed by atoms with van der Waals surface area (Å²) in [5, 5.41) is 24.6. The highest BCUT2D eigenvalue weighted by Crippen LogP contribution is 2.32. The molecule has 1 aliphatic rings. The maximum atomic E-state index is 10.8.